The summed E-state index contributed by atoms with van der Waals surface area (Å²) in [5, 5.41) is 8.86. The van der Waals surface area contributed by atoms with Crippen molar-refractivity contribution >= 4 is 21.6 Å². The molecule has 1 unspecified atom stereocenters. The Morgan fingerprint density at radius 2 is 1.81 bits per heavy atom. The molecule has 0 aromatic heterocycles. The minimum absolute atomic E-state index is 0.187. The van der Waals surface area contributed by atoms with E-state index in [1.165, 1.54) is 15.4 Å². The molecular weight excluding hydrogens is 354 g/mol. The van der Waals surface area contributed by atoms with Gasteiger partial charge in [0, 0.05) is 31.9 Å². The Bertz CT molecular complexity index is 741. The smallest absolute Gasteiger partial charge is 0.247 e. The number of nitrogens with zero attached hydrogens (tertiary/aromatic N) is 2. The SMILES string of the molecule is Cc1cccc(N2CCN(S(=O)(=O)CC(C(=O)NO)C(C)C)CC2)c1C. The van der Waals surface area contributed by atoms with E-state index in [0.717, 1.165) is 5.69 Å². The van der Waals surface area contributed by atoms with Crippen LogP contribution in [0.25, 0.3) is 0 Å². The first-order valence-electron chi connectivity index (χ1n) is 8.90. The summed E-state index contributed by atoms with van der Waals surface area (Å²) in [6.45, 7) is 9.70. The van der Waals surface area contributed by atoms with Crippen LogP contribution in [0.2, 0.25) is 0 Å². The van der Waals surface area contributed by atoms with Crippen LogP contribution in [0.3, 0.4) is 0 Å². The Morgan fingerprint density at radius 1 is 1.19 bits per heavy atom. The highest BCUT2D eigenvalue weighted by Crippen LogP contribution is 2.25. The third kappa shape index (κ3) is 4.55. The van der Waals surface area contributed by atoms with E-state index in [4.69, 9.17) is 5.21 Å². The van der Waals surface area contributed by atoms with Crippen LogP contribution in [0, 0.1) is 25.7 Å². The molecule has 1 atom stereocenters. The Hall–Kier alpha value is -1.64. The number of piperazine rings is 1. The molecule has 0 radical (unpaired) electrons. The van der Waals surface area contributed by atoms with Crippen molar-refractivity contribution < 1.29 is 18.4 Å². The third-order valence-corrected chi connectivity index (χ3v) is 7.12. The van der Waals surface area contributed by atoms with Crippen molar-refractivity contribution in [3.63, 3.8) is 0 Å². The third-order valence-electron chi connectivity index (χ3n) is 5.19. The second-order valence-corrected chi connectivity index (χ2v) is 9.22. The molecule has 1 fully saturated rings. The number of carbonyl (C=O) groups excluding carboxylic acids is 1. The predicted molar refractivity (Wildman–Crippen MR) is 102 cm³/mol. The number of anilines is 1. The molecule has 8 heteroatoms. The number of aryl methyl sites for hydroxylation is 1. The van der Waals surface area contributed by atoms with Crippen molar-refractivity contribution in [1.29, 1.82) is 0 Å². The summed E-state index contributed by atoms with van der Waals surface area (Å²) >= 11 is 0. The number of hydrogen-bond donors (Lipinski definition) is 2. The van der Waals surface area contributed by atoms with Crippen molar-refractivity contribution in [3.05, 3.63) is 29.3 Å². The van der Waals surface area contributed by atoms with E-state index in [-0.39, 0.29) is 11.7 Å². The highest BCUT2D eigenvalue weighted by molar-refractivity contribution is 7.89. The number of amides is 1. The van der Waals surface area contributed by atoms with Gasteiger partial charge in [0.25, 0.3) is 0 Å². The number of hydrogen-bond acceptors (Lipinski definition) is 5. The van der Waals surface area contributed by atoms with Crippen LogP contribution in [-0.4, -0.2) is 55.8 Å². The number of nitrogens with one attached hydrogen (secondary N) is 1. The molecule has 2 N–H and O–H groups in total. The van der Waals surface area contributed by atoms with Gasteiger partial charge in [-0.3, -0.25) is 10.0 Å². The van der Waals surface area contributed by atoms with Crippen LogP contribution in [0.4, 0.5) is 5.69 Å². The summed E-state index contributed by atoms with van der Waals surface area (Å²) in [4.78, 5) is 14.0. The van der Waals surface area contributed by atoms with Gasteiger partial charge in [-0.05, 0) is 37.0 Å². The molecule has 7 nitrogen and oxygen atoms in total. The standard InChI is InChI=1S/C18H29N3O4S/c1-13(2)16(18(22)19-23)12-26(24,25)21-10-8-20(9-11-21)17-7-5-6-14(3)15(17)4/h5-7,13,16,23H,8-12H2,1-4H3,(H,19,22). The molecule has 2 rings (SSSR count). The molecule has 0 bridgehead atoms. The Morgan fingerprint density at radius 3 is 2.35 bits per heavy atom. The maximum Gasteiger partial charge on any atom is 0.247 e. The lowest BCUT2D eigenvalue weighted by atomic mass is 9.97. The molecule has 1 saturated heterocycles. The maximum absolute atomic E-state index is 12.7. The number of hydroxylamine groups is 1. The van der Waals surface area contributed by atoms with E-state index >= 15 is 0 Å². The molecule has 1 aliphatic rings. The van der Waals surface area contributed by atoms with E-state index in [9.17, 15) is 13.2 Å². The summed E-state index contributed by atoms with van der Waals surface area (Å²) in [5.74, 6) is -1.91. The van der Waals surface area contributed by atoms with Crippen molar-refractivity contribution in [1.82, 2.24) is 9.79 Å². The molecule has 26 heavy (non-hydrogen) atoms. The summed E-state index contributed by atoms with van der Waals surface area (Å²) in [7, 11) is -3.57. The number of carbonyl (C=O) groups is 1. The summed E-state index contributed by atoms with van der Waals surface area (Å²) in [6, 6.07) is 6.15. The lowest BCUT2D eigenvalue weighted by Crippen LogP contribution is -2.51. The minimum atomic E-state index is -3.57. The highest BCUT2D eigenvalue weighted by atomic mass is 32.2. The molecular formula is C18H29N3O4S. The first-order chi connectivity index (χ1) is 12.2. The number of rotatable bonds is 6. The Kier molecular flexibility index (Phi) is 6.65. The van der Waals surface area contributed by atoms with Crippen molar-refractivity contribution in [2.45, 2.75) is 27.7 Å². The second-order valence-electron chi connectivity index (χ2n) is 7.21. The van der Waals surface area contributed by atoms with Gasteiger partial charge in [-0.15, -0.1) is 0 Å². The first-order valence-corrected chi connectivity index (χ1v) is 10.5. The fourth-order valence-electron chi connectivity index (χ4n) is 3.27. The van der Waals surface area contributed by atoms with Crippen LogP contribution < -0.4 is 10.4 Å². The predicted octanol–water partition coefficient (Wildman–Crippen LogP) is 1.53. The van der Waals surface area contributed by atoms with Gasteiger partial charge in [0.15, 0.2) is 0 Å². The van der Waals surface area contributed by atoms with Crippen molar-refractivity contribution in [3.8, 4) is 0 Å². The van der Waals surface area contributed by atoms with Crippen molar-refractivity contribution in [2.75, 3.05) is 36.8 Å². The summed E-state index contributed by atoms with van der Waals surface area (Å²) in [5.41, 5.74) is 5.15. The maximum atomic E-state index is 12.7. The number of benzene rings is 1. The fourth-order valence-corrected chi connectivity index (χ4v) is 5.19. The van der Waals surface area contributed by atoms with Gasteiger partial charge in [-0.1, -0.05) is 26.0 Å². The summed E-state index contributed by atoms with van der Waals surface area (Å²) < 4.78 is 26.9. The Balaban J connectivity index is 2.06. The van der Waals surface area contributed by atoms with Gasteiger partial charge in [-0.2, -0.15) is 4.31 Å². The fraction of sp³-hybridized carbons (Fsp3) is 0.611. The van der Waals surface area contributed by atoms with Crippen LogP contribution in [0.15, 0.2) is 18.2 Å². The van der Waals surface area contributed by atoms with E-state index in [2.05, 4.69) is 30.9 Å². The van der Waals surface area contributed by atoms with Crippen LogP contribution in [0.1, 0.15) is 25.0 Å². The lowest BCUT2D eigenvalue weighted by molar-refractivity contribution is -0.134. The van der Waals surface area contributed by atoms with Gasteiger partial charge in [0.1, 0.15) is 0 Å². The molecule has 1 aliphatic heterocycles. The largest absolute Gasteiger partial charge is 0.369 e. The van der Waals surface area contributed by atoms with Crippen LogP contribution in [0.5, 0.6) is 0 Å². The molecule has 0 aliphatic carbocycles. The van der Waals surface area contributed by atoms with Crippen molar-refractivity contribution in [2.24, 2.45) is 11.8 Å². The second kappa shape index (κ2) is 8.37. The molecule has 0 saturated carbocycles. The topological polar surface area (TPSA) is 90.0 Å². The zero-order valence-corrected chi connectivity index (χ0v) is 16.7. The molecule has 146 valence electrons. The minimum Gasteiger partial charge on any atom is -0.369 e. The molecule has 1 aromatic rings. The molecule has 0 spiro atoms. The van der Waals surface area contributed by atoms with Gasteiger partial charge in [0.05, 0.1) is 11.7 Å². The lowest BCUT2D eigenvalue weighted by Gasteiger charge is -2.37. The van der Waals surface area contributed by atoms with Gasteiger partial charge < -0.3 is 4.90 Å². The van der Waals surface area contributed by atoms with E-state index < -0.39 is 21.8 Å². The average molecular weight is 384 g/mol. The van der Waals surface area contributed by atoms with Gasteiger partial charge in [-0.25, -0.2) is 13.9 Å². The van der Waals surface area contributed by atoms with Gasteiger partial charge >= 0.3 is 0 Å². The summed E-state index contributed by atoms with van der Waals surface area (Å²) in [6.07, 6.45) is 0. The molecule has 1 heterocycles. The van der Waals surface area contributed by atoms with E-state index in [0.29, 0.717) is 26.2 Å². The first kappa shape index (κ1) is 20.7. The average Bonchev–Trinajstić information content (AvgIpc) is 2.61. The zero-order valence-electron chi connectivity index (χ0n) is 15.9. The molecule has 1 aromatic carbocycles. The van der Waals surface area contributed by atoms with E-state index in [1.807, 2.05) is 6.07 Å². The number of sulfonamides is 1. The zero-order chi connectivity index (χ0) is 19.5. The van der Waals surface area contributed by atoms with Crippen LogP contribution in [-0.2, 0) is 14.8 Å². The molecule has 1 amide bonds. The Labute approximate surface area is 156 Å². The monoisotopic (exact) mass is 383 g/mol. The normalized spacial score (nSPS) is 17.4. The van der Waals surface area contributed by atoms with Gasteiger partial charge in [0.2, 0.25) is 15.9 Å². The van der Waals surface area contributed by atoms with Crippen LogP contribution >= 0.6 is 0 Å². The van der Waals surface area contributed by atoms with E-state index in [1.54, 1.807) is 19.3 Å². The quantitative estimate of drug-likeness (QED) is 0.574. The highest BCUT2D eigenvalue weighted by Gasteiger charge is 2.33.